The molecule has 146 valence electrons. The van der Waals surface area contributed by atoms with E-state index in [1.54, 1.807) is 17.0 Å². The van der Waals surface area contributed by atoms with Gasteiger partial charge in [-0.1, -0.05) is 0 Å². The van der Waals surface area contributed by atoms with Gasteiger partial charge in [-0.3, -0.25) is 9.59 Å². The maximum atomic E-state index is 13.6. The van der Waals surface area contributed by atoms with Crippen LogP contribution in [0.3, 0.4) is 0 Å². The van der Waals surface area contributed by atoms with Gasteiger partial charge in [-0.2, -0.15) is 0 Å². The molecule has 2 aromatic rings. The number of carbonyl (C=O) groups excluding carboxylic acids is 3. The van der Waals surface area contributed by atoms with Crippen LogP contribution in [0.15, 0.2) is 42.5 Å². The molecule has 1 fully saturated rings. The number of ether oxygens (including phenoxy) is 1. The quantitative estimate of drug-likeness (QED) is 0.798. The van der Waals surface area contributed by atoms with Gasteiger partial charge in [0, 0.05) is 24.7 Å². The number of halogens is 2. The minimum Gasteiger partial charge on any atom is -0.449 e. The number of rotatable bonds is 5. The summed E-state index contributed by atoms with van der Waals surface area (Å²) in [6.07, 6.45) is 0.0683. The maximum absolute atomic E-state index is 13.6. The van der Waals surface area contributed by atoms with E-state index in [0.29, 0.717) is 18.7 Å². The van der Waals surface area contributed by atoms with E-state index >= 15 is 0 Å². The van der Waals surface area contributed by atoms with E-state index in [4.69, 9.17) is 4.74 Å². The van der Waals surface area contributed by atoms with E-state index in [9.17, 15) is 23.2 Å². The Morgan fingerprint density at radius 3 is 2.50 bits per heavy atom. The largest absolute Gasteiger partial charge is 0.449 e. The number of amides is 2. The molecule has 2 aromatic carbocycles. The number of benzene rings is 2. The van der Waals surface area contributed by atoms with Crippen LogP contribution in [0.2, 0.25) is 0 Å². The van der Waals surface area contributed by atoms with E-state index < -0.39 is 29.6 Å². The van der Waals surface area contributed by atoms with Gasteiger partial charge in [0.15, 0.2) is 6.10 Å². The summed E-state index contributed by atoms with van der Waals surface area (Å²) < 4.78 is 31.8. The first-order valence-corrected chi connectivity index (χ1v) is 8.72. The van der Waals surface area contributed by atoms with Gasteiger partial charge in [-0.25, -0.2) is 13.6 Å². The number of nitrogens with one attached hydrogen (secondary N) is 1. The molecule has 1 saturated heterocycles. The van der Waals surface area contributed by atoms with Gasteiger partial charge in [0.2, 0.25) is 5.91 Å². The van der Waals surface area contributed by atoms with Gasteiger partial charge >= 0.3 is 5.97 Å². The number of carbonyl (C=O) groups is 3. The second kappa shape index (κ2) is 8.16. The van der Waals surface area contributed by atoms with Crippen LogP contribution in [0.5, 0.6) is 0 Å². The molecule has 0 bridgehead atoms. The predicted molar refractivity (Wildman–Crippen MR) is 97.9 cm³/mol. The topological polar surface area (TPSA) is 75.7 Å². The predicted octanol–water partition coefficient (Wildman–Crippen LogP) is 3.28. The van der Waals surface area contributed by atoms with E-state index in [1.165, 1.54) is 19.1 Å². The normalized spacial score (nSPS) is 14.7. The van der Waals surface area contributed by atoms with E-state index in [2.05, 4.69) is 5.32 Å². The Morgan fingerprint density at radius 2 is 1.86 bits per heavy atom. The highest BCUT2D eigenvalue weighted by atomic mass is 19.1. The summed E-state index contributed by atoms with van der Waals surface area (Å²) in [5.74, 6) is -3.03. The number of hydrogen-bond acceptors (Lipinski definition) is 4. The van der Waals surface area contributed by atoms with E-state index in [-0.39, 0.29) is 17.2 Å². The average Bonchev–Trinajstić information content (AvgIpc) is 3.10. The van der Waals surface area contributed by atoms with Crippen LogP contribution in [0.1, 0.15) is 30.1 Å². The Bertz CT molecular complexity index is 915. The maximum Gasteiger partial charge on any atom is 0.338 e. The van der Waals surface area contributed by atoms with Crippen molar-refractivity contribution < 1.29 is 27.9 Å². The lowest BCUT2D eigenvalue weighted by Crippen LogP contribution is -2.30. The summed E-state index contributed by atoms with van der Waals surface area (Å²) in [5.41, 5.74) is 0.547. The highest BCUT2D eigenvalue weighted by Gasteiger charge is 2.23. The number of hydrogen-bond donors (Lipinski definition) is 1. The van der Waals surface area contributed by atoms with Crippen molar-refractivity contribution in [2.24, 2.45) is 0 Å². The Balaban J connectivity index is 1.61. The summed E-state index contributed by atoms with van der Waals surface area (Å²) in [7, 11) is 0. The Hall–Kier alpha value is -3.29. The van der Waals surface area contributed by atoms with Crippen molar-refractivity contribution in [1.82, 2.24) is 0 Å². The van der Waals surface area contributed by atoms with Crippen molar-refractivity contribution in [1.29, 1.82) is 0 Å². The van der Waals surface area contributed by atoms with Crippen LogP contribution in [-0.4, -0.2) is 30.4 Å². The minimum absolute atomic E-state index is 0.0326. The molecule has 0 aliphatic carbocycles. The lowest BCUT2D eigenvalue weighted by Gasteiger charge is -2.16. The molecular formula is C20H18F2N2O4. The molecule has 0 unspecified atom stereocenters. The first kappa shape index (κ1) is 19.5. The van der Waals surface area contributed by atoms with Crippen LogP contribution < -0.4 is 10.2 Å². The highest BCUT2D eigenvalue weighted by Crippen LogP contribution is 2.22. The fourth-order valence-corrected chi connectivity index (χ4v) is 2.81. The molecule has 1 N–H and O–H groups in total. The molecule has 1 aliphatic rings. The van der Waals surface area contributed by atoms with Gasteiger partial charge in [-0.15, -0.1) is 0 Å². The summed E-state index contributed by atoms with van der Waals surface area (Å²) in [6, 6.07) is 8.90. The summed E-state index contributed by atoms with van der Waals surface area (Å²) in [5, 5.41) is 2.18. The van der Waals surface area contributed by atoms with E-state index in [0.717, 1.165) is 24.6 Å². The lowest BCUT2D eigenvalue weighted by molar-refractivity contribution is -0.123. The first-order chi connectivity index (χ1) is 13.3. The lowest BCUT2D eigenvalue weighted by atomic mass is 10.2. The number of nitrogens with zero attached hydrogens (tertiary/aromatic N) is 1. The second-order valence-corrected chi connectivity index (χ2v) is 6.36. The average molecular weight is 388 g/mol. The van der Waals surface area contributed by atoms with Crippen LogP contribution in [0, 0.1) is 11.6 Å². The zero-order valence-corrected chi connectivity index (χ0v) is 15.1. The van der Waals surface area contributed by atoms with Crippen molar-refractivity contribution >= 4 is 29.2 Å². The molecular weight excluding hydrogens is 370 g/mol. The number of esters is 1. The fourth-order valence-electron chi connectivity index (χ4n) is 2.81. The van der Waals surface area contributed by atoms with Crippen molar-refractivity contribution in [3.05, 3.63) is 59.7 Å². The monoisotopic (exact) mass is 388 g/mol. The van der Waals surface area contributed by atoms with Crippen molar-refractivity contribution in [2.45, 2.75) is 25.9 Å². The smallest absolute Gasteiger partial charge is 0.338 e. The molecule has 1 heterocycles. The highest BCUT2D eigenvalue weighted by molar-refractivity contribution is 5.98. The standard InChI is InChI=1S/C20H18F2N2O4/c1-12(19(26)23-17-11-14(21)6-9-16(17)22)28-20(27)13-4-7-15(8-5-13)24-10-2-3-18(24)25/h4-9,11-12H,2-3,10H2,1H3,(H,23,26)/t12-/m1/s1. The van der Waals surface area contributed by atoms with Crippen molar-refractivity contribution in [2.75, 3.05) is 16.8 Å². The zero-order chi connectivity index (χ0) is 20.3. The van der Waals surface area contributed by atoms with Crippen molar-refractivity contribution in [3.63, 3.8) is 0 Å². The van der Waals surface area contributed by atoms with Gasteiger partial charge in [0.1, 0.15) is 11.6 Å². The second-order valence-electron chi connectivity index (χ2n) is 6.36. The molecule has 0 radical (unpaired) electrons. The van der Waals surface area contributed by atoms with Crippen LogP contribution >= 0.6 is 0 Å². The molecule has 2 amide bonds. The minimum atomic E-state index is -1.23. The van der Waals surface area contributed by atoms with Crippen molar-refractivity contribution in [3.8, 4) is 0 Å². The fraction of sp³-hybridized carbons (Fsp3) is 0.250. The van der Waals surface area contributed by atoms with Crippen LogP contribution in [0.25, 0.3) is 0 Å². The van der Waals surface area contributed by atoms with Gasteiger partial charge in [0.25, 0.3) is 5.91 Å². The zero-order valence-electron chi connectivity index (χ0n) is 15.1. The molecule has 8 heteroatoms. The third-order valence-corrected chi connectivity index (χ3v) is 4.33. The third kappa shape index (κ3) is 4.33. The molecule has 0 spiro atoms. The molecule has 1 aliphatic heterocycles. The van der Waals surface area contributed by atoms with Crippen LogP contribution in [0.4, 0.5) is 20.2 Å². The summed E-state index contributed by atoms with van der Waals surface area (Å²) in [6.45, 7) is 1.96. The van der Waals surface area contributed by atoms with Crippen LogP contribution in [-0.2, 0) is 14.3 Å². The summed E-state index contributed by atoms with van der Waals surface area (Å²) >= 11 is 0. The molecule has 1 atom stereocenters. The molecule has 6 nitrogen and oxygen atoms in total. The third-order valence-electron chi connectivity index (χ3n) is 4.33. The SMILES string of the molecule is C[C@@H](OC(=O)c1ccc(N2CCCC2=O)cc1)C(=O)Nc1cc(F)ccc1F. The number of anilines is 2. The van der Waals surface area contributed by atoms with Gasteiger partial charge in [-0.05, 0) is 49.7 Å². The van der Waals surface area contributed by atoms with Gasteiger partial charge in [0.05, 0.1) is 11.3 Å². The van der Waals surface area contributed by atoms with Gasteiger partial charge < -0.3 is 15.0 Å². The molecule has 0 aromatic heterocycles. The summed E-state index contributed by atoms with van der Waals surface area (Å²) in [4.78, 5) is 37.7. The molecule has 3 rings (SSSR count). The molecule has 0 saturated carbocycles. The van der Waals surface area contributed by atoms with E-state index in [1.807, 2.05) is 0 Å². The first-order valence-electron chi connectivity index (χ1n) is 8.72. The Morgan fingerprint density at radius 1 is 1.14 bits per heavy atom. The Kier molecular flexibility index (Phi) is 5.67. The Labute approximate surface area is 160 Å². The molecule has 28 heavy (non-hydrogen) atoms.